The summed E-state index contributed by atoms with van der Waals surface area (Å²) in [6.45, 7) is 11.7. The summed E-state index contributed by atoms with van der Waals surface area (Å²) >= 11 is 0. The Morgan fingerprint density at radius 2 is 1.89 bits per heavy atom. The zero-order valence-electron chi connectivity index (χ0n) is 17.3. The Kier molecular flexibility index (Phi) is 10.4. The van der Waals surface area contributed by atoms with Crippen LogP contribution in [0.25, 0.3) is 0 Å². The molecule has 1 atom stereocenters. The van der Waals surface area contributed by atoms with Gasteiger partial charge in [0.05, 0.1) is 18.2 Å². The minimum absolute atomic E-state index is 0. The van der Waals surface area contributed by atoms with Gasteiger partial charge in [0.25, 0.3) is 0 Å². The maximum atomic E-state index is 10.5. The molecule has 0 aliphatic carbocycles. The summed E-state index contributed by atoms with van der Waals surface area (Å²) in [6, 6.07) is 8.92. The number of nitrogens with zero attached hydrogens (tertiary/aromatic N) is 2. The molecule has 1 saturated heterocycles. The second kappa shape index (κ2) is 11.7. The Bertz CT molecular complexity index is 583. The van der Waals surface area contributed by atoms with Crippen LogP contribution < -0.4 is 15.5 Å². The van der Waals surface area contributed by atoms with E-state index in [2.05, 4.69) is 58.6 Å². The largest absolute Gasteiger partial charge is 0.388 e. The summed E-state index contributed by atoms with van der Waals surface area (Å²) < 4.78 is 0. The number of rotatable bonds is 8. The Labute approximate surface area is 182 Å². The smallest absolute Gasteiger partial charge is 0.191 e. The second-order valence-electron chi connectivity index (χ2n) is 7.28. The van der Waals surface area contributed by atoms with Crippen molar-refractivity contribution in [2.45, 2.75) is 65.0 Å². The normalized spacial score (nSPS) is 16.0. The van der Waals surface area contributed by atoms with Crippen molar-refractivity contribution < 1.29 is 5.11 Å². The van der Waals surface area contributed by atoms with Crippen LogP contribution >= 0.6 is 24.0 Å². The van der Waals surface area contributed by atoms with Crippen molar-refractivity contribution in [2.75, 3.05) is 31.1 Å². The molecule has 1 aromatic carbocycles. The third kappa shape index (κ3) is 7.14. The molecular weight excluding hydrogens is 451 g/mol. The van der Waals surface area contributed by atoms with Gasteiger partial charge in [-0.25, -0.2) is 0 Å². The van der Waals surface area contributed by atoms with E-state index in [0.29, 0.717) is 19.4 Å². The molecule has 1 heterocycles. The van der Waals surface area contributed by atoms with Crippen LogP contribution in [-0.4, -0.2) is 42.8 Å². The van der Waals surface area contributed by atoms with Crippen molar-refractivity contribution in [3.05, 3.63) is 29.8 Å². The molecule has 154 valence electrons. The number of benzene rings is 1. The zero-order chi connectivity index (χ0) is 19.0. The predicted molar refractivity (Wildman–Crippen MR) is 126 cm³/mol. The molecule has 0 aromatic heterocycles. The topological polar surface area (TPSA) is 59.9 Å². The summed E-state index contributed by atoms with van der Waals surface area (Å²) in [4.78, 5) is 7.08. The van der Waals surface area contributed by atoms with Gasteiger partial charge in [0.2, 0.25) is 0 Å². The number of hydrogen-bond acceptors (Lipinski definition) is 3. The quantitative estimate of drug-likeness (QED) is 0.293. The highest BCUT2D eigenvalue weighted by Gasteiger charge is 2.22. The van der Waals surface area contributed by atoms with Crippen LogP contribution in [0.1, 0.15) is 65.0 Å². The van der Waals surface area contributed by atoms with Gasteiger partial charge in [0.15, 0.2) is 5.96 Å². The Morgan fingerprint density at radius 1 is 1.22 bits per heavy atom. The van der Waals surface area contributed by atoms with Crippen molar-refractivity contribution in [1.82, 2.24) is 10.6 Å². The first-order chi connectivity index (χ1) is 12.5. The molecule has 1 unspecified atom stereocenters. The van der Waals surface area contributed by atoms with Gasteiger partial charge in [-0.05, 0) is 57.2 Å². The van der Waals surface area contributed by atoms with E-state index in [1.807, 2.05) is 13.8 Å². The van der Waals surface area contributed by atoms with Crippen LogP contribution in [0, 0.1) is 0 Å². The van der Waals surface area contributed by atoms with Gasteiger partial charge in [-0.15, -0.1) is 24.0 Å². The highest BCUT2D eigenvalue weighted by atomic mass is 127. The van der Waals surface area contributed by atoms with Gasteiger partial charge in [0.1, 0.15) is 0 Å². The third-order valence-corrected chi connectivity index (χ3v) is 5.39. The number of anilines is 1. The first kappa shape index (κ1) is 24.0. The highest BCUT2D eigenvalue weighted by Crippen LogP contribution is 2.24. The molecule has 5 nitrogen and oxygen atoms in total. The van der Waals surface area contributed by atoms with Crippen molar-refractivity contribution >= 4 is 35.6 Å². The van der Waals surface area contributed by atoms with Crippen LogP contribution in [0.2, 0.25) is 0 Å². The van der Waals surface area contributed by atoms with Crippen molar-refractivity contribution in [3.63, 3.8) is 0 Å². The maximum absolute atomic E-state index is 10.5. The molecule has 27 heavy (non-hydrogen) atoms. The summed E-state index contributed by atoms with van der Waals surface area (Å²) in [5.74, 6) is 0.756. The molecule has 0 bridgehead atoms. The van der Waals surface area contributed by atoms with E-state index in [1.54, 1.807) is 0 Å². The third-order valence-electron chi connectivity index (χ3n) is 5.39. The predicted octanol–water partition coefficient (Wildman–Crippen LogP) is 4.07. The molecule has 0 spiro atoms. The lowest BCUT2D eigenvalue weighted by molar-refractivity contribution is 0.0418. The van der Waals surface area contributed by atoms with Gasteiger partial charge in [-0.2, -0.15) is 0 Å². The summed E-state index contributed by atoms with van der Waals surface area (Å²) in [6.07, 6.45) is 3.99. The number of hydrogen-bond donors (Lipinski definition) is 3. The van der Waals surface area contributed by atoms with Crippen molar-refractivity contribution in [1.29, 1.82) is 0 Å². The maximum Gasteiger partial charge on any atom is 0.191 e. The van der Waals surface area contributed by atoms with Crippen LogP contribution in [0.15, 0.2) is 29.3 Å². The van der Waals surface area contributed by atoms with Gasteiger partial charge >= 0.3 is 0 Å². The van der Waals surface area contributed by atoms with Crippen molar-refractivity contribution in [2.24, 2.45) is 4.99 Å². The Morgan fingerprint density at radius 3 is 2.48 bits per heavy atom. The number of halogens is 1. The zero-order valence-corrected chi connectivity index (χ0v) is 19.6. The summed E-state index contributed by atoms with van der Waals surface area (Å²) in [5.41, 5.74) is 1.84. The number of aliphatic imine (C=N–C) groups is 1. The van der Waals surface area contributed by atoms with Crippen LogP contribution in [-0.2, 0) is 0 Å². The van der Waals surface area contributed by atoms with E-state index < -0.39 is 5.60 Å². The molecule has 0 amide bonds. The second-order valence-corrected chi connectivity index (χ2v) is 7.28. The lowest BCUT2D eigenvalue weighted by atomic mass is 9.98. The van der Waals surface area contributed by atoms with E-state index in [4.69, 9.17) is 0 Å². The fraction of sp³-hybridized carbons (Fsp3) is 0.667. The van der Waals surface area contributed by atoms with Gasteiger partial charge in [-0.3, -0.25) is 4.99 Å². The van der Waals surface area contributed by atoms with Crippen LogP contribution in [0.5, 0.6) is 0 Å². The molecule has 1 aliphatic heterocycles. The summed E-state index contributed by atoms with van der Waals surface area (Å²) in [7, 11) is 0. The fourth-order valence-electron chi connectivity index (χ4n) is 3.27. The Hall–Kier alpha value is -1.02. The van der Waals surface area contributed by atoms with E-state index in [-0.39, 0.29) is 30.0 Å². The molecule has 2 rings (SSSR count). The standard InChI is InChI=1S/C21H36N4O.HI/c1-5-21(26,6-2)16-23-20(22-7-3)24-17(4)18-11-10-12-19(15-18)25-13-8-9-14-25;/h10-12,15,17,26H,5-9,13-14,16H2,1-4H3,(H2,22,23,24);1H. The fourth-order valence-corrected chi connectivity index (χ4v) is 3.27. The summed E-state index contributed by atoms with van der Waals surface area (Å²) in [5, 5.41) is 17.3. The molecule has 3 N–H and O–H groups in total. The lowest BCUT2D eigenvalue weighted by Crippen LogP contribution is -2.40. The molecule has 1 aromatic rings. The molecule has 6 heteroatoms. The van der Waals surface area contributed by atoms with E-state index >= 15 is 0 Å². The van der Waals surface area contributed by atoms with E-state index in [1.165, 1.54) is 24.1 Å². The first-order valence-corrected chi connectivity index (χ1v) is 10.1. The molecule has 0 saturated carbocycles. The SMILES string of the molecule is CCNC(=NCC(O)(CC)CC)NC(C)c1cccc(N2CCCC2)c1.I. The van der Waals surface area contributed by atoms with E-state index in [9.17, 15) is 5.11 Å². The Balaban J connectivity index is 0.00000364. The monoisotopic (exact) mass is 488 g/mol. The number of aliphatic hydroxyl groups is 1. The minimum atomic E-state index is -0.721. The molecule has 1 aliphatic rings. The highest BCUT2D eigenvalue weighted by molar-refractivity contribution is 14.0. The first-order valence-electron chi connectivity index (χ1n) is 10.1. The van der Waals surface area contributed by atoms with Gasteiger partial charge in [0, 0.05) is 25.3 Å². The van der Waals surface area contributed by atoms with Gasteiger partial charge in [-0.1, -0.05) is 26.0 Å². The molecular formula is C21H37IN4O. The molecule has 1 fully saturated rings. The van der Waals surface area contributed by atoms with Crippen LogP contribution in [0.3, 0.4) is 0 Å². The van der Waals surface area contributed by atoms with Gasteiger partial charge < -0.3 is 20.6 Å². The number of nitrogens with one attached hydrogen (secondary N) is 2. The lowest BCUT2D eigenvalue weighted by Gasteiger charge is -2.25. The minimum Gasteiger partial charge on any atom is -0.388 e. The number of guanidine groups is 1. The van der Waals surface area contributed by atoms with Crippen molar-refractivity contribution in [3.8, 4) is 0 Å². The molecule has 0 radical (unpaired) electrons. The average molecular weight is 488 g/mol. The van der Waals surface area contributed by atoms with Crippen LogP contribution in [0.4, 0.5) is 5.69 Å². The van der Waals surface area contributed by atoms with E-state index in [0.717, 1.165) is 25.6 Å². The average Bonchev–Trinajstić information content (AvgIpc) is 3.21.